The summed E-state index contributed by atoms with van der Waals surface area (Å²) in [7, 11) is -3.25. The smallest absolute Gasteiger partial charge is 0.222 e. The standard InChI is InChI=1S/C9H12N2O3S/c1-6-4-8(15(3,13)14)5-10-9(6)11-7(2)12/h4-5H,1-3H3,(H,10,11,12). The molecular weight excluding hydrogens is 216 g/mol. The molecule has 1 heterocycles. The second-order valence-electron chi connectivity index (χ2n) is 3.29. The summed E-state index contributed by atoms with van der Waals surface area (Å²) in [5.41, 5.74) is 0.619. The number of rotatable bonds is 2. The Morgan fingerprint density at radius 1 is 1.47 bits per heavy atom. The van der Waals surface area contributed by atoms with Gasteiger partial charge in [0.2, 0.25) is 5.91 Å². The molecule has 0 aliphatic carbocycles. The zero-order valence-corrected chi connectivity index (χ0v) is 9.55. The number of aromatic nitrogens is 1. The lowest BCUT2D eigenvalue weighted by atomic mass is 10.3. The zero-order chi connectivity index (χ0) is 11.6. The topological polar surface area (TPSA) is 76.1 Å². The van der Waals surface area contributed by atoms with Crippen molar-refractivity contribution in [1.82, 2.24) is 4.98 Å². The lowest BCUT2D eigenvalue weighted by Gasteiger charge is -2.06. The highest BCUT2D eigenvalue weighted by atomic mass is 32.2. The first kappa shape index (κ1) is 11.6. The number of aryl methyl sites for hydroxylation is 1. The van der Waals surface area contributed by atoms with Gasteiger partial charge >= 0.3 is 0 Å². The van der Waals surface area contributed by atoms with E-state index in [1.54, 1.807) is 6.92 Å². The van der Waals surface area contributed by atoms with Crippen LogP contribution in [-0.2, 0) is 14.6 Å². The number of hydrogen-bond donors (Lipinski definition) is 1. The number of pyridine rings is 1. The Kier molecular flexibility index (Phi) is 3.09. The molecule has 0 unspecified atom stereocenters. The molecule has 6 heteroatoms. The van der Waals surface area contributed by atoms with Gasteiger partial charge in [0.05, 0.1) is 4.90 Å². The third-order valence-corrected chi connectivity index (χ3v) is 2.86. The van der Waals surface area contributed by atoms with Gasteiger partial charge in [-0.1, -0.05) is 0 Å². The van der Waals surface area contributed by atoms with Gasteiger partial charge in [-0.3, -0.25) is 4.79 Å². The predicted molar refractivity (Wildman–Crippen MR) is 56.4 cm³/mol. The van der Waals surface area contributed by atoms with Crippen molar-refractivity contribution in [1.29, 1.82) is 0 Å². The molecule has 0 spiro atoms. The molecule has 0 saturated heterocycles. The third kappa shape index (κ3) is 3.02. The SMILES string of the molecule is CC(=O)Nc1ncc(S(C)(=O)=O)cc1C. The quantitative estimate of drug-likeness (QED) is 0.810. The van der Waals surface area contributed by atoms with Crippen molar-refractivity contribution in [2.45, 2.75) is 18.7 Å². The molecule has 0 saturated carbocycles. The molecule has 5 nitrogen and oxygen atoms in total. The molecule has 1 amide bonds. The Bertz CT molecular complexity index is 494. The molecule has 0 atom stereocenters. The highest BCUT2D eigenvalue weighted by Gasteiger charge is 2.10. The van der Waals surface area contributed by atoms with Crippen LogP contribution in [0.25, 0.3) is 0 Å². The van der Waals surface area contributed by atoms with Gasteiger partial charge in [0.15, 0.2) is 9.84 Å². The second kappa shape index (κ2) is 3.98. The summed E-state index contributed by atoms with van der Waals surface area (Å²) >= 11 is 0. The number of nitrogens with one attached hydrogen (secondary N) is 1. The lowest BCUT2D eigenvalue weighted by molar-refractivity contribution is -0.114. The fourth-order valence-electron chi connectivity index (χ4n) is 1.05. The van der Waals surface area contributed by atoms with Gasteiger partial charge in [-0.25, -0.2) is 13.4 Å². The van der Waals surface area contributed by atoms with Crippen LogP contribution in [0.15, 0.2) is 17.2 Å². The first-order valence-electron chi connectivity index (χ1n) is 4.25. The van der Waals surface area contributed by atoms with Crippen molar-refractivity contribution in [2.24, 2.45) is 0 Å². The molecule has 82 valence electrons. The molecule has 0 radical (unpaired) electrons. The van der Waals surface area contributed by atoms with Crippen LogP contribution < -0.4 is 5.32 Å². The van der Waals surface area contributed by atoms with Crippen LogP contribution in [0.4, 0.5) is 5.82 Å². The maximum atomic E-state index is 11.2. The molecule has 0 aliphatic heterocycles. The summed E-state index contributed by atoms with van der Waals surface area (Å²) in [6, 6.07) is 1.48. The lowest BCUT2D eigenvalue weighted by Crippen LogP contribution is -2.10. The monoisotopic (exact) mass is 228 g/mol. The summed E-state index contributed by atoms with van der Waals surface area (Å²) in [4.78, 5) is 14.8. The molecule has 0 aliphatic rings. The Morgan fingerprint density at radius 2 is 2.07 bits per heavy atom. The van der Waals surface area contributed by atoms with E-state index >= 15 is 0 Å². The number of carbonyl (C=O) groups is 1. The summed E-state index contributed by atoms with van der Waals surface area (Å²) < 4.78 is 22.4. The van der Waals surface area contributed by atoms with Crippen molar-refractivity contribution in [3.05, 3.63) is 17.8 Å². The number of nitrogens with zero attached hydrogens (tertiary/aromatic N) is 1. The van der Waals surface area contributed by atoms with Gasteiger partial charge in [0, 0.05) is 19.4 Å². The number of sulfone groups is 1. The van der Waals surface area contributed by atoms with Gasteiger partial charge in [-0.15, -0.1) is 0 Å². The van der Waals surface area contributed by atoms with Crippen LogP contribution >= 0.6 is 0 Å². The van der Waals surface area contributed by atoms with Gasteiger partial charge in [-0.2, -0.15) is 0 Å². The maximum Gasteiger partial charge on any atom is 0.222 e. The minimum Gasteiger partial charge on any atom is -0.311 e. The van der Waals surface area contributed by atoms with Crippen LogP contribution in [0.1, 0.15) is 12.5 Å². The molecule has 1 aromatic heterocycles. The minimum absolute atomic E-state index is 0.147. The van der Waals surface area contributed by atoms with E-state index in [0.29, 0.717) is 11.4 Å². The van der Waals surface area contributed by atoms with Crippen molar-refractivity contribution in [2.75, 3.05) is 11.6 Å². The number of hydrogen-bond acceptors (Lipinski definition) is 4. The number of carbonyl (C=O) groups excluding carboxylic acids is 1. The largest absolute Gasteiger partial charge is 0.311 e. The number of anilines is 1. The van der Waals surface area contributed by atoms with E-state index in [1.165, 1.54) is 19.2 Å². The Balaban J connectivity index is 3.15. The Labute approximate surface area is 88.4 Å². The average Bonchev–Trinajstić information content (AvgIpc) is 2.05. The molecule has 15 heavy (non-hydrogen) atoms. The van der Waals surface area contributed by atoms with E-state index in [4.69, 9.17) is 0 Å². The van der Waals surface area contributed by atoms with Crippen molar-refractivity contribution >= 4 is 21.6 Å². The fraction of sp³-hybridized carbons (Fsp3) is 0.333. The summed E-state index contributed by atoms with van der Waals surface area (Å²) in [6.07, 6.45) is 2.34. The van der Waals surface area contributed by atoms with Crippen LogP contribution in [0.5, 0.6) is 0 Å². The second-order valence-corrected chi connectivity index (χ2v) is 5.31. The predicted octanol–water partition coefficient (Wildman–Crippen LogP) is 0.752. The van der Waals surface area contributed by atoms with Crippen LogP contribution in [0.3, 0.4) is 0 Å². The van der Waals surface area contributed by atoms with E-state index in [2.05, 4.69) is 10.3 Å². The summed E-state index contributed by atoms with van der Waals surface area (Å²) in [5, 5.41) is 2.51. The molecule has 0 bridgehead atoms. The van der Waals surface area contributed by atoms with Gasteiger partial charge < -0.3 is 5.32 Å². The van der Waals surface area contributed by atoms with Crippen LogP contribution in [0.2, 0.25) is 0 Å². The van der Waals surface area contributed by atoms with Crippen LogP contribution in [-0.4, -0.2) is 25.6 Å². The Morgan fingerprint density at radius 3 is 2.47 bits per heavy atom. The van der Waals surface area contributed by atoms with E-state index in [1.807, 2.05) is 0 Å². The average molecular weight is 228 g/mol. The Hall–Kier alpha value is -1.43. The molecule has 0 aromatic carbocycles. The maximum absolute atomic E-state index is 11.2. The molecule has 0 fully saturated rings. The molecule has 1 N–H and O–H groups in total. The molecule has 1 aromatic rings. The van der Waals surface area contributed by atoms with E-state index in [9.17, 15) is 13.2 Å². The van der Waals surface area contributed by atoms with Crippen molar-refractivity contribution < 1.29 is 13.2 Å². The van der Waals surface area contributed by atoms with E-state index in [-0.39, 0.29) is 10.8 Å². The molecule has 1 rings (SSSR count). The van der Waals surface area contributed by atoms with E-state index < -0.39 is 9.84 Å². The third-order valence-electron chi connectivity index (χ3n) is 1.78. The van der Waals surface area contributed by atoms with Gasteiger partial charge in [0.1, 0.15) is 5.82 Å². The van der Waals surface area contributed by atoms with E-state index in [0.717, 1.165) is 6.26 Å². The zero-order valence-electron chi connectivity index (χ0n) is 8.73. The normalized spacial score (nSPS) is 11.1. The highest BCUT2D eigenvalue weighted by molar-refractivity contribution is 7.90. The fourth-order valence-corrected chi connectivity index (χ4v) is 1.68. The van der Waals surface area contributed by atoms with Crippen molar-refractivity contribution in [3.63, 3.8) is 0 Å². The molecular formula is C9H12N2O3S. The number of amides is 1. The van der Waals surface area contributed by atoms with Crippen molar-refractivity contribution in [3.8, 4) is 0 Å². The summed E-state index contributed by atoms with van der Waals surface area (Å²) in [6.45, 7) is 3.05. The highest BCUT2D eigenvalue weighted by Crippen LogP contribution is 2.16. The van der Waals surface area contributed by atoms with Gasteiger partial charge in [0.25, 0.3) is 0 Å². The van der Waals surface area contributed by atoms with Crippen LogP contribution in [0, 0.1) is 6.92 Å². The first-order chi connectivity index (χ1) is 6.80. The summed E-state index contributed by atoms with van der Waals surface area (Å²) in [5.74, 6) is 0.146. The minimum atomic E-state index is -3.25. The van der Waals surface area contributed by atoms with Gasteiger partial charge in [-0.05, 0) is 18.6 Å². The first-order valence-corrected chi connectivity index (χ1v) is 6.14.